The number of anilines is 4. The summed E-state index contributed by atoms with van der Waals surface area (Å²) >= 11 is 0. The van der Waals surface area contributed by atoms with E-state index in [-0.39, 0.29) is 0 Å². The van der Waals surface area contributed by atoms with Gasteiger partial charge in [-0.1, -0.05) is 25.1 Å². The molecule has 3 rings (SSSR count). The van der Waals surface area contributed by atoms with Gasteiger partial charge >= 0.3 is 0 Å². The molecule has 0 amide bonds. The first-order valence-electron chi connectivity index (χ1n) is 7.44. The quantitative estimate of drug-likeness (QED) is 0.903. The zero-order chi connectivity index (χ0) is 14.8. The fourth-order valence-electron chi connectivity index (χ4n) is 2.83. The van der Waals surface area contributed by atoms with E-state index in [2.05, 4.69) is 58.3 Å². The largest absolute Gasteiger partial charge is 0.370 e. The molecule has 1 aromatic carbocycles. The van der Waals surface area contributed by atoms with Crippen molar-refractivity contribution in [1.82, 2.24) is 9.97 Å². The summed E-state index contributed by atoms with van der Waals surface area (Å²) in [6.45, 7) is 5.21. The molecule has 1 aliphatic rings. The maximum Gasteiger partial charge on any atom is 0.223 e. The maximum atomic E-state index is 5.88. The van der Waals surface area contributed by atoms with E-state index in [0.29, 0.717) is 12.0 Å². The summed E-state index contributed by atoms with van der Waals surface area (Å²) in [5.74, 6) is 1.96. The van der Waals surface area contributed by atoms with Crippen LogP contribution in [0.3, 0.4) is 0 Å². The molecule has 0 spiro atoms. The minimum Gasteiger partial charge on any atom is -0.370 e. The van der Waals surface area contributed by atoms with Crippen LogP contribution in [0.2, 0.25) is 0 Å². The molecule has 110 valence electrons. The van der Waals surface area contributed by atoms with Gasteiger partial charge in [-0.3, -0.25) is 0 Å². The van der Waals surface area contributed by atoms with Gasteiger partial charge in [0.05, 0.1) is 0 Å². The number of para-hydroxylation sites is 1. The second-order valence-corrected chi connectivity index (χ2v) is 5.45. The van der Waals surface area contributed by atoms with Crippen molar-refractivity contribution in [2.45, 2.75) is 32.7 Å². The van der Waals surface area contributed by atoms with Crippen molar-refractivity contribution in [2.75, 3.05) is 22.5 Å². The first-order valence-corrected chi connectivity index (χ1v) is 7.44. The summed E-state index contributed by atoms with van der Waals surface area (Å²) in [7, 11) is 0. The van der Waals surface area contributed by atoms with Gasteiger partial charge in [0.2, 0.25) is 5.95 Å². The molecule has 5 nitrogen and oxygen atoms in total. The molecule has 1 aromatic heterocycles. The van der Waals surface area contributed by atoms with Gasteiger partial charge in [-0.2, -0.15) is 9.97 Å². The second kappa shape index (κ2) is 5.60. The van der Waals surface area contributed by atoms with Crippen LogP contribution in [0.25, 0.3) is 0 Å². The molecule has 21 heavy (non-hydrogen) atoms. The van der Waals surface area contributed by atoms with Gasteiger partial charge in [0.1, 0.15) is 11.6 Å². The lowest BCUT2D eigenvalue weighted by Gasteiger charge is -2.24. The van der Waals surface area contributed by atoms with Crippen LogP contribution in [0.4, 0.5) is 23.3 Å². The third-order valence-electron chi connectivity index (χ3n) is 3.74. The Labute approximate surface area is 125 Å². The first-order chi connectivity index (χ1) is 10.2. The molecule has 0 aliphatic carbocycles. The lowest BCUT2D eigenvalue weighted by Crippen LogP contribution is -2.25. The van der Waals surface area contributed by atoms with Crippen LogP contribution >= 0.6 is 0 Å². The Hall–Kier alpha value is -2.30. The highest BCUT2D eigenvalue weighted by Gasteiger charge is 2.28. The number of benzene rings is 1. The number of hydrogen-bond acceptors (Lipinski definition) is 5. The Morgan fingerprint density at radius 2 is 2.14 bits per heavy atom. The van der Waals surface area contributed by atoms with E-state index in [1.807, 2.05) is 6.07 Å². The summed E-state index contributed by atoms with van der Waals surface area (Å²) in [6.07, 6.45) is 2.07. The van der Waals surface area contributed by atoms with E-state index in [9.17, 15) is 0 Å². The van der Waals surface area contributed by atoms with Gasteiger partial charge in [-0.25, -0.2) is 0 Å². The van der Waals surface area contributed by atoms with Crippen molar-refractivity contribution < 1.29 is 0 Å². The number of aromatic nitrogens is 2. The smallest absolute Gasteiger partial charge is 0.223 e. The van der Waals surface area contributed by atoms with Crippen molar-refractivity contribution in [3.8, 4) is 0 Å². The van der Waals surface area contributed by atoms with Gasteiger partial charge in [0, 0.05) is 24.3 Å². The van der Waals surface area contributed by atoms with Crippen LogP contribution in [-0.2, 0) is 6.42 Å². The molecule has 1 aliphatic heterocycles. The van der Waals surface area contributed by atoms with Crippen molar-refractivity contribution in [3.05, 3.63) is 35.9 Å². The molecular weight excluding hydrogens is 262 g/mol. The van der Waals surface area contributed by atoms with Gasteiger partial charge in [0.25, 0.3) is 0 Å². The van der Waals surface area contributed by atoms with Crippen LogP contribution in [-0.4, -0.2) is 22.6 Å². The van der Waals surface area contributed by atoms with E-state index in [1.54, 1.807) is 0 Å². The van der Waals surface area contributed by atoms with Crippen LogP contribution in [0.5, 0.6) is 0 Å². The molecule has 5 heteroatoms. The monoisotopic (exact) mass is 283 g/mol. The van der Waals surface area contributed by atoms with E-state index in [0.717, 1.165) is 31.0 Å². The first kappa shape index (κ1) is 13.7. The van der Waals surface area contributed by atoms with Crippen LogP contribution in [0, 0.1) is 0 Å². The summed E-state index contributed by atoms with van der Waals surface area (Å²) in [6, 6.07) is 10.8. The molecule has 2 heterocycles. The third-order valence-corrected chi connectivity index (χ3v) is 3.74. The van der Waals surface area contributed by atoms with Crippen LogP contribution in [0.1, 0.15) is 25.8 Å². The summed E-state index contributed by atoms with van der Waals surface area (Å²) < 4.78 is 0. The topological polar surface area (TPSA) is 67.1 Å². The predicted molar refractivity (Wildman–Crippen MR) is 87.0 cm³/mol. The summed E-state index contributed by atoms with van der Waals surface area (Å²) in [4.78, 5) is 10.9. The van der Waals surface area contributed by atoms with Crippen molar-refractivity contribution >= 4 is 23.3 Å². The number of nitrogens with one attached hydrogen (secondary N) is 1. The molecule has 0 saturated carbocycles. The molecule has 0 radical (unpaired) electrons. The standard InChI is InChI=1S/C16H21N5/c1-3-8-18-14-10-15(20-16(17)19-14)21-11(2)9-12-6-4-5-7-13(12)21/h4-7,10-11H,3,8-9H2,1-2H3,(H3,17,18,19,20). The minimum atomic E-state index is 0.308. The SMILES string of the molecule is CCCNc1cc(N2c3ccccc3CC2C)nc(N)n1. The number of nitrogens with two attached hydrogens (primary N) is 1. The van der Waals surface area contributed by atoms with E-state index >= 15 is 0 Å². The van der Waals surface area contributed by atoms with E-state index in [1.165, 1.54) is 11.3 Å². The van der Waals surface area contributed by atoms with Crippen molar-refractivity contribution in [1.29, 1.82) is 0 Å². The van der Waals surface area contributed by atoms with Crippen molar-refractivity contribution in [3.63, 3.8) is 0 Å². The number of rotatable bonds is 4. The number of fused-ring (bicyclic) bond motifs is 1. The van der Waals surface area contributed by atoms with Crippen molar-refractivity contribution in [2.24, 2.45) is 0 Å². The molecule has 2 aromatic rings. The highest BCUT2D eigenvalue weighted by molar-refractivity contribution is 5.70. The Bertz CT molecular complexity index is 640. The predicted octanol–water partition coefficient (Wildman–Crippen LogP) is 2.96. The summed E-state index contributed by atoms with van der Waals surface area (Å²) in [5.41, 5.74) is 8.44. The maximum absolute atomic E-state index is 5.88. The molecule has 0 fully saturated rings. The van der Waals surface area contributed by atoms with E-state index in [4.69, 9.17) is 5.73 Å². The Balaban J connectivity index is 1.98. The highest BCUT2D eigenvalue weighted by Crippen LogP contribution is 2.37. The molecule has 1 unspecified atom stereocenters. The fraction of sp³-hybridized carbons (Fsp3) is 0.375. The Kier molecular flexibility index (Phi) is 3.64. The molecule has 3 N–H and O–H groups in total. The van der Waals surface area contributed by atoms with Gasteiger partial charge < -0.3 is 16.0 Å². The zero-order valence-electron chi connectivity index (χ0n) is 12.5. The van der Waals surface area contributed by atoms with Gasteiger partial charge in [0.15, 0.2) is 0 Å². The molecule has 1 atom stereocenters. The zero-order valence-corrected chi connectivity index (χ0v) is 12.5. The highest BCUT2D eigenvalue weighted by atomic mass is 15.3. The van der Waals surface area contributed by atoms with Crippen LogP contribution < -0.4 is 16.0 Å². The Morgan fingerprint density at radius 3 is 2.95 bits per heavy atom. The van der Waals surface area contributed by atoms with Crippen LogP contribution in [0.15, 0.2) is 30.3 Å². The van der Waals surface area contributed by atoms with Gasteiger partial charge in [-0.15, -0.1) is 0 Å². The average Bonchev–Trinajstić information content (AvgIpc) is 2.80. The lowest BCUT2D eigenvalue weighted by atomic mass is 10.1. The number of hydrogen-bond donors (Lipinski definition) is 2. The lowest BCUT2D eigenvalue weighted by molar-refractivity contribution is 0.750. The minimum absolute atomic E-state index is 0.308. The molecule has 0 saturated heterocycles. The number of nitrogens with zero attached hydrogens (tertiary/aromatic N) is 3. The summed E-state index contributed by atoms with van der Waals surface area (Å²) in [5, 5.41) is 3.28. The Morgan fingerprint density at radius 1 is 1.33 bits per heavy atom. The molecular formula is C16H21N5. The fourth-order valence-corrected chi connectivity index (χ4v) is 2.83. The molecule has 0 bridgehead atoms. The normalized spacial score (nSPS) is 16.9. The third kappa shape index (κ3) is 2.63. The second-order valence-electron chi connectivity index (χ2n) is 5.45. The number of nitrogen functional groups attached to an aromatic ring is 1. The van der Waals surface area contributed by atoms with E-state index < -0.39 is 0 Å². The van der Waals surface area contributed by atoms with Gasteiger partial charge in [-0.05, 0) is 31.4 Å². The average molecular weight is 283 g/mol.